The number of aryl methyl sites for hydroxylation is 2. The van der Waals surface area contributed by atoms with Crippen molar-refractivity contribution < 1.29 is 13.2 Å². The lowest BCUT2D eigenvalue weighted by atomic mass is 9.96. The van der Waals surface area contributed by atoms with E-state index in [0.29, 0.717) is 0 Å². The van der Waals surface area contributed by atoms with Gasteiger partial charge in [-0.15, -0.1) is 0 Å². The summed E-state index contributed by atoms with van der Waals surface area (Å²) in [6.45, 7) is 3.90. The van der Waals surface area contributed by atoms with E-state index >= 15 is 0 Å². The molecule has 0 bridgehead atoms. The predicted molar refractivity (Wildman–Crippen MR) is 63.0 cm³/mol. The van der Waals surface area contributed by atoms with Gasteiger partial charge in [0.2, 0.25) is 0 Å². The van der Waals surface area contributed by atoms with Gasteiger partial charge in [0.15, 0.2) is 0 Å². The average molecular weight is 245 g/mol. The zero-order chi connectivity index (χ0) is 13.1. The maximum Gasteiger partial charge on any atom is 0.389 e. The second-order valence-corrected chi connectivity index (χ2v) is 4.36. The summed E-state index contributed by atoms with van der Waals surface area (Å²) >= 11 is 0. The summed E-state index contributed by atoms with van der Waals surface area (Å²) in [6, 6.07) is 5.59. The summed E-state index contributed by atoms with van der Waals surface area (Å²) in [5.74, 6) is 0. The van der Waals surface area contributed by atoms with Gasteiger partial charge in [0.1, 0.15) is 0 Å². The summed E-state index contributed by atoms with van der Waals surface area (Å²) in [6.07, 6.45) is -4.77. The third-order valence-electron chi connectivity index (χ3n) is 2.87. The lowest BCUT2D eigenvalue weighted by Crippen LogP contribution is -2.20. The van der Waals surface area contributed by atoms with Gasteiger partial charge in [0.25, 0.3) is 0 Å². The second-order valence-electron chi connectivity index (χ2n) is 4.36. The van der Waals surface area contributed by atoms with E-state index in [1.807, 2.05) is 32.0 Å². The van der Waals surface area contributed by atoms with Crippen LogP contribution in [0.4, 0.5) is 13.2 Å². The Hall–Kier alpha value is -1.03. The molecular weight excluding hydrogens is 227 g/mol. The largest absolute Gasteiger partial charge is 0.389 e. The summed E-state index contributed by atoms with van der Waals surface area (Å²) in [4.78, 5) is 0. The Kier molecular flexibility index (Phi) is 4.57. The summed E-state index contributed by atoms with van der Waals surface area (Å²) < 4.78 is 36.6. The van der Waals surface area contributed by atoms with Crippen LogP contribution in [0.5, 0.6) is 0 Å². The second kappa shape index (κ2) is 5.54. The number of benzene rings is 1. The molecule has 1 atom stereocenters. The van der Waals surface area contributed by atoms with Crippen molar-refractivity contribution in [2.24, 2.45) is 0 Å². The van der Waals surface area contributed by atoms with E-state index in [4.69, 9.17) is 0 Å². The molecule has 1 unspecified atom stereocenters. The molecule has 1 N–H and O–H groups in total. The van der Waals surface area contributed by atoms with E-state index in [1.165, 1.54) is 0 Å². The van der Waals surface area contributed by atoms with Crippen molar-refractivity contribution in [2.45, 2.75) is 38.9 Å². The molecule has 96 valence electrons. The molecule has 0 aliphatic heterocycles. The molecule has 0 amide bonds. The van der Waals surface area contributed by atoms with E-state index in [1.54, 1.807) is 7.05 Å². The Balaban J connectivity index is 2.79. The van der Waals surface area contributed by atoms with Gasteiger partial charge in [0, 0.05) is 12.5 Å². The first-order valence-corrected chi connectivity index (χ1v) is 5.64. The van der Waals surface area contributed by atoms with Crippen molar-refractivity contribution >= 4 is 0 Å². The summed E-state index contributed by atoms with van der Waals surface area (Å²) in [5.41, 5.74) is 3.10. The van der Waals surface area contributed by atoms with Gasteiger partial charge in [-0.05, 0) is 38.4 Å². The van der Waals surface area contributed by atoms with E-state index in [-0.39, 0.29) is 12.5 Å². The molecule has 0 aliphatic rings. The van der Waals surface area contributed by atoms with Crippen molar-refractivity contribution in [3.63, 3.8) is 0 Å². The minimum absolute atomic E-state index is 0.0733. The lowest BCUT2D eigenvalue weighted by Gasteiger charge is -2.20. The molecule has 0 saturated heterocycles. The molecule has 0 spiro atoms. The topological polar surface area (TPSA) is 12.0 Å². The zero-order valence-electron chi connectivity index (χ0n) is 10.4. The fourth-order valence-corrected chi connectivity index (χ4v) is 1.98. The summed E-state index contributed by atoms with van der Waals surface area (Å²) in [5, 5.41) is 2.95. The van der Waals surface area contributed by atoms with Crippen LogP contribution < -0.4 is 5.32 Å². The molecule has 0 radical (unpaired) electrons. The Bertz CT molecular complexity index is 371. The fraction of sp³-hybridized carbons (Fsp3) is 0.538. The molecule has 0 fully saturated rings. The van der Waals surface area contributed by atoms with Crippen LogP contribution in [-0.2, 0) is 0 Å². The molecule has 1 rings (SSSR count). The number of halogens is 3. The van der Waals surface area contributed by atoms with Gasteiger partial charge in [-0.1, -0.05) is 23.8 Å². The first kappa shape index (κ1) is 14.0. The summed E-state index contributed by atoms with van der Waals surface area (Å²) in [7, 11) is 1.69. The Morgan fingerprint density at radius 3 is 2.35 bits per heavy atom. The lowest BCUT2D eigenvalue weighted by molar-refractivity contribution is -0.136. The standard InChI is InChI=1S/C13H18F3N/c1-9-4-5-11(10(2)8-9)12(17-3)6-7-13(14,15)16/h4-5,8,12,17H,6-7H2,1-3H3. The highest BCUT2D eigenvalue weighted by atomic mass is 19.4. The molecule has 0 heterocycles. The quantitative estimate of drug-likeness (QED) is 0.848. The maximum atomic E-state index is 12.2. The number of rotatable bonds is 4. The normalized spacial score (nSPS) is 13.8. The third-order valence-corrected chi connectivity index (χ3v) is 2.87. The Morgan fingerprint density at radius 1 is 1.24 bits per heavy atom. The van der Waals surface area contributed by atoms with Crippen molar-refractivity contribution in [2.75, 3.05) is 7.05 Å². The highest BCUT2D eigenvalue weighted by molar-refractivity contribution is 5.32. The first-order chi connectivity index (χ1) is 7.83. The van der Waals surface area contributed by atoms with E-state index < -0.39 is 12.6 Å². The minimum atomic E-state index is -4.09. The molecule has 1 aromatic rings. The SMILES string of the molecule is CNC(CCC(F)(F)F)c1ccc(C)cc1C. The van der Waals surface area contributed by atoms with Crippen LogP contribution in [0, 0.1) is 13.8 Å². The molecule has 17 heavy (non-hydrogen) atoms. The Labute approximate surface area is 100 Å². The van der Waals surface area contributed by atoms with Crippen molar-refractivity contribution in [3.8, 4) is 0 Å². The molecule has 0 aliphatic carbocycles. The molecule has 0 saturated carbocycles. The van der Waals surface area contributed by atoms with Gasteiger partial charge >= 0.3 is 6.18 Å². The molecule has 1 nitrogen and oxygen atoms in total. The van der Waals surface area contributed by atoms with Crippen molar-refractivity contribution in [1.82, 2.24) is 5.32 Å². The van der Waals surface area contributed by atoms with Crippen molar-refractivity contribution in [1.29, 1.82) is 0 Å². The Morgan fingerprint density at radius 2 is 1.88 bits per heavy atom. The van der Waals surface area contributed by atoms with Gasteiger partial charge < -0.3 is 5.32 Å². The smallest absolute Gasteiger partial charge is 0.313 e. The van der Waals surface area contributed by atoms with Crippen LogP contribution in [0.15, 0.2) is 18.2 Å². The highest BCUT2D eigenvalue weighted by Gasteiger charge is 2.28. The van der Waals surface area contributed by atoms with E-state index in [0.717, 1.165) is 16.7 Å². The average Bonchev–Trinajstić information content (AvgIpc) is 2.19. The first-order valence-electron chi connectivity index (χ1n) is 5.64. The van der Waals surface area contributed by atoms with Gasteiger partial charge in [-0.3, -0.25) is 0 Å². The van der Waals surface area contributed by atoms with Gasteiger partial charge in [-0.25, -0.2) is 0 Å². The number of hydrogen-bond donors (Lipinski definition) is 1. The van der Waals surface area contributed by atoms with Crippen LogP contribution in [0.25, 0.3) is 0 Å². The van der Waals surface area contributed by atoms with E-state index in [2.05, 4.69) is 5.32 Å². The minimum Gasteiger partial charge on any atom is -0.313 e. The van der Waals surface area contributed by atoms with Gasteiger partial charge in [0.05, 0.1) is 0 Å². The predicted octanol–water partition coefficient (Wildman–Crippen LogP) is 3.91. The molecule has 4 heteroatoms. The van der Waals surface area contributed by atoms with Crippen molar-refractivity contribution in [3.05, 3.63) is 34.9 Å². The highest BCUT2D eigenvalue weighted by Crippen LogP contribution is 2.28. The van der Waals surface area contributed by atoms with Crippen LogP contribution in [0.2, 0.25) is 0 Å². The molecule has 0 aromatic heterocycles. The monoisotopic (exact) mass is 245 g/mol. The fourth-order valence-electron chi connectivity index (χ4n) is 1.98. The third kappa shape index (κ3) is 4.38. The van der Waals surface area contributed by atoms with Gasteiger partial charge in [-0.2, -0.15) is 13.2 Å². The number of nitrogens with one attached hydrogen (secondary N) is 1. The van der Waals surface area contributed by atoms with Crippen LogP contribution in [-0.4, -0.2) is 13.2 Å². The van der Waals surface area contributed by atoms with Crippen LogP contribution >= 0.6 is 0 Å². The van der Waals surface area contributed by atoms with Crippen LogP contribution in [0.3, 0.4) is 0 Å². The molecular formula is C13H18F3N. The zero-order valence-corrected chi connectivity index (χ0v) is 10.4. The van der Waals surface area contributed by atoms with E-state index in [9.17, 15) is 13.2 Å². The number of hydrogen-bond acceptors (Lipinski definition) is 1. The molecule has 1 aromatic carbocycles. The van der Waals surface area contributed by atoms with Crippen LogP contribution in [0.1, 0.15) is 35.6 Å². The number of alkyl halides is 3. The maximum absolute atomic E-state index is 12.2.